The number of hydrogen-bond acceptors (Lipinski definition) is 4. The number of amides is 2. The van der Waals surface area contributed by atoms with Gasteiger partial charge in [0.1, 0.15) is 0 Å². The molecule has 122 valence electrons. The summed E-state index contributed by atoms with van der Waals surface area (Å²) in [5, 5.41) is 3.39. The maximum Gasteiger partial charge on any atom is 0.245 e. The number of carbonyl (C=O) groups excluding carboxylic acids is 2. The van der Waals surface area contributed by atoms with Gasteiger partial charge in [-0.05, 0) is 38.5 Å². The van der Waals surface area contributed by atoms with Crippen molar-refractivity contribution in [3.63, 3.8) is 0 Å². The number of aromatic nitrogens is 1. The summed E-state index contributed by atoms with van der Waals surface area (Å²) in [5.74, 6) is 0.554. The Hall–Kier alpha value is -1.43. The minimum Gasteiger partial charge on any atom is -0.333 e. The number of nitrogens with zero attached hydrogens (tertiary/aromatic N) is 2. The quantitative estimate of drug-likeness (QED) is 0.800. The van der Waals surface area contributed by atoms with Crippen LogP contribution in [0, 0.1) is 18.8 Å². The molecule has 1 aliphatic carbocycles. The van der Waals surface area contributed by atoms with Gasteiger partial charge in [-0.25, -0.2) is 4.98 Å². The third kappa shape index (κ3) is 4.80. The standard InChI is InChI=1S/C16H25N3O2S/c1-4-13(5-2)15(21)19(9-12-6-7-12)10-14(20)18-16-17-8-11(3)22-16/h8,12-13H,4-7,9-10H2,1-3H3,(H,17,18,20). The molecule has 2 rings (SSSR count). The fraction of sp³-hybridized carbons (Fsp3) is 0.688. The first kappa shape index (κ1) is 16.9. The summed E-state index contributed by atoms with van der Waals surface area (Å²) in [5.41, 5.74) is 0. The van der Waals surface area contributed by atoms with Crippen LogP contribution in [-0.2, 0) is 9.59 Å². The van der Waals surface area contributed by atoms with Crippen LogP contribution in [0.15, 0.2) is 6.20 Å². The van der Waals surface area contributed by atoms with Crippen molar-refractivity contribution in [1.29, 1.82) is 0 Å². The Bertz CT molecular complexity index is 521. The highest BCUT2D eigenvalue weighted by atomic mass is 32.1. The third-order valence-electron chi connectivity index (χ3n) is 4.02. The van der Waals surface area contributed by atoms with Crippen molar-refractivity contribution in [1.82, 2.24) is 9.88 Å². The Morgan fingerprint density at radius 1 is 1.41 bits per heavy atom. The first-order valence-electron chi connectivity index (χ1n) is 8.04. The van der Waals surface area contributed by atoms with E-state index in [-0.39, 0.29) is 24.3 Å². The number of aryl methyl sites for hydroxylation is 1. The second-order valence-corrected chi connectivity index (χ2v) is 7.23. The van der Waals surface area contributed by atoms with Crippen LogP contribution in [0.3, 0.4) is 0 Å². The van der Waals surface area contributed by atoms with Crippen LogP contribution >= 0.6 is 11.3 Å². The van der Waals surface area contributed by atoms with E-state index in [1.165, 1.54) is 24.2 Å². The van der Waals surface area contributed by atoms with Crippen LogP contribution < -0.4 is 5.32 Å². The zero-order valence-corrected chi connectivity index (χ0v) is 14.4. The molecule has 22 heavy (non-hydrogen) atoms. The molecule has 1 saturated carbocycles. The molecule has 1 N–H and O–H groups in total. The maximum absolute atomic E-state index is 12.6. The fourth-order valence-corrected chi connectivity index (χ4v) is 3.17. The molecule has 0 atom stereocenters. The molecule has 0 unspecified atom stereocenters. The lowest BCUT2D eigenvalue weighted by Gasteiger charge is -2.26. The smallest absolute Gasteiger partial charge is 0.245 e. The van der Waals surface area contributed by atoms with Crippen molar-refractivity contribution in [3.8, 4) is 0 Å². The molecule has 0 radical (unpaired) electrons. The summed E-state index contributed by atoms with van der Waals surface area (Å²) in [6, 6.07) is 0. The summed E-state index contributed by atoms with van der Waals surface area (Å²) in [4.78, 5) is 31.7. The summed E-state index contributed by atoms with van der Waals surface area (Å²) >= 11 is 1.45. The number of thiazole rings is 1. The molecule has 0 aliphatic heterocycles. The Labute approximate surface area is 136 Å². The van der Waals surface area contributed by atoms with E-state index in [9.17, 15) is 9.59 Å². The Morgan fingerprint density at radius 3 is 2.59 bits per heavy atom. The molecule has 1 heterocycles. The van der Waals surface area contributed by atoms with Crippen LogP contribution in [0.2, 0.25) is 0 Å². The number of anilines is 1. The van der Waals surface area contributed by atoms with Crippen LogP contribution in [0.4, 0.5) is 5.13 Å². The van der Waals surface area contributed by atoms with E-state index in [1.54, 1.807) is 11.1 Å². The molecule has 0 aromatic carbocycles. The van der Waals surface area contributed by atoms with Gasteiger partial charge < -0.3 is 10.2 Å². The normalized spacial score (nSPS) is 14.2. The lowest BCUT2D eigenvalue weighted by Crippen LogP contribution is -2.42. The second kappa shape index (κ2) is 7.72. The van der Waals surface area contributed by atoms with Crippen molar-refractivity contribution in [2.45, 2.75) is 46.5 Å². The van der Waals surface area contributed by atoms with Crippen molar-refractivity contribution >= 4 is 28.3 Å². The first-order valence-corrected chi connectivity index (χ1v) is 8.86. The minimum absolute atomic E-state index is 0.0219. The van der Waals surface area contributed by atoms with Crippen molar-refractivity contribution in [2.75, 3.05) is 18.4 Å². The molecule has 1 aromatic rings. The largest absolute Gasteiger partial charge is 0.333 e. The molecule has 1 aliphatic rings. The van der Waals surface area contributed by atoms with Crippen LogP contribution in [0.1, 0.15) is 44.4 Å². The van der Waals surface area contributed by atoms with Gasteiger partial charge in [-0.1, -0.05) is 13.8 Å². The predicted octanol–water partition coefficient (Wildman–Crippen LogP) is 3.06. The monoisotopic (exact) mass is 323 g/mol. The van der Waals surface area contributed by atoms with Crippen molar-refractivity contribution in [3.05, 3.63) is 11.1 Å². The van der Waals surface area contributed by atoms with Crippen LogP contribution in [0.25, 0.3) is 0 Å². The number of rotatable bonds is 8. The molecule has 0 bridgehead atoms. The fourth-order valence-electron chi connectivity index (χ4n) is 2.49. The average molecular weight is 323 g/mol. The number of hydrogen-bond donors (Lipinski definition) is 1. The summed E-state index contributed by atoms with van der Waals surface area (Å²) in [6.07, 6.45) is 5.71. The Kier molecular flexibility index (Phi) is 5.94. The average Bonchev–Trinajstić information content (AvgIpc) is 3.21. The highest BCUT2D eigenvalue weighted by molar-refractivity contribution is 7.15. The summed E-state index contributed by atoms with van der Waals surface area (Å²) < 4.78 is 0. The summed E-state index contributed by atoms with van der Waals surface area (Å²) in [6.45, 7) is 6.84. The molecule has 1 fully saturated rings. The number of carbonyl (C=O) groups is 2. The van der Waals surface area contributed by atoms with Gasteiger partial charge >= 0.3 is 0 Å². The van der Waals surface area contributed by atoms with Gasteiger partial charge in [0.2, 0.25) is 11.8 Å². The molecule has 0 spiro atoms. The van der Waals surface area contributed by atoms with E-state index >= 15 is 0 Å². The van der Waals surface area contributed by atoms with E-state index in [4.69, 9.17) is 0 Å². The third-order valence-corrected chi connectivity index (χ3v) is 4.85. The lowest BCUT2D eigenvalue weighted by molar-refractivity contribution is -0.138. The van der Waals surface area contributed by atoms with Gasteiger partial charge in [0.15, 0.2) is 5.13 Å². The predicted molar refractivity (Wildman–Crippen MR) is 88.9 cm³/mol. The second-order valence-electron chi connectivity index (χ2n) is 6.00. The molecule has 2 amide bonds. The SMILES string of the molecule is CCC(CC)C(=O)N(CC(=O)Nc1ncc(C)s1)CC1CC1. The van der Waals surface area contributed by atoms with Gasteiger partial charge in [0, 0.05) is 23.5 Å². The maximum atomic E-state index is 12.6. The van der Waals surface area contributed by atoms with Crippen molar-refractivity contribution < 1.29 is 9.59 Å². The Morgan fingerprint density at radius 2 is 2.09 bits per heavy atom. The van der Waals surface area contributed by atoms with Gasteiger partial charge in [0.25, 0.3) is 0 Å². The minimum atomic E-state index is -0.158. The first-order chi connectivity index (χ1) is 10.5. The van der Waals surface area contributed by atoms with Crippen LogP contribution in [-0.4, -0.2) is 34.8 Å². The van der Waals surface area contributed by atoms with Crippen molar-refractivity contribution in [2.24, 2.45) is 11.8 Å². The lowest BCUT2D eigenvalue weighted by atomic mass is 10.0. The zero-order valence-electron chi connectivity index (χ0n) is 13.6. The highest BCUT2D eigenvalue weighted by Gasteiger charge is 2.30. The molecule has 6 heteroatoms. The molecular weight excluding hydrogens is 298 g/mol. The van der Waals surface area contributed by atoms with E-state index in [1.807, 2.05) is 20.8 Å². The summed E-state index contributed by atoms with van der Waals surface area (Å²) in [7, 11) is 0. The zero-order chi connectivity index (χ0) is 16.1. The van der Waals surface area contributed by atoms with Crippen LogP contribution in [0.5, 0.6) is 0 Å². The Balaban J connectivity index is 1.95. The van der Waals surface area contributed by atoms with Gasteiger partial charge in [-0.2, -0.15) is 0 Å². The topological polar surface area (TPSA) is 62.3 Å². The molecular formula is C16H25N3O2S. The molecule has 5 nitrogen and oxygen atoms in total. The van der Waals surface area contributed by atoms with E-state index in [2.05, 4.69) is 10.3 Å². The number of nitrogens with one attached hydrogen (secondary N) is 1. The van der Waals surface area contributed by atoms with E-state index in [0.717, 1.165) is 17.7 Å². The molecule has 0 saturated heterocycles. The highest BCUT2D eigenvalue weighted by Crippen LogP contribution is 2.30. The van der Waals surface area contributed by atoms with Gasteiger partial charge in [-0.15, -0.1) is 11.3 Å². The van der Waals surface area contributed by atoms with E-state index in [0.29, 0.717) is 17.6 Å². The van der Waals surface area contributed by atoms with Gasteiger partial charge in [0.05, 0.1) is 6.54 Å². The van der Waals surface area contributed by atoms with E-state index < -0.39 is 0 Å². The molecule has 1 aromatic heterocycles. The van der Waals surface area contributed by atoms with Gasteiger partial charge in [-0.3, -0.25) is 9.59 Å².